The van der Waals surface area contributed by atoms with E-state index in [-0.39, 0.29) is 6.04 Å². The quantitative estimate of drug-likeness (QED) is 0.889. The van der Waals surface area contributed by atoms with Crippen molar-refractivity contribution >= 4 is 11.6 Å². The van der Waals surface area contributed by atoms with Crippen LogP contribution in [-0.2, 0) is 6.42 Å². The van der Waals surface area contributed by atoms with Crippen LogP contribution in [0.3, 0.4) is 0 Å². The Morgan fingerprint density at radius 2 is 2.11 bits per heavy atom. The van der Waals surface area contributed by atoms with Gasteiger partial charge < -0.3 is 10.7 Å². The minimum atomic E-state index is 0.194. The van der Waals surface area contributed by atoms with Crippen LogP contribution in [0.15, 0.2) is 24.3 Å². The second kappa shape index (κ2) is 5.55. The Kier molecular flexibility index (Phi) is 4.04. The third-order valence-electron chi connectivity index (χ3n) is 2.90. The standard InChI is InChI=1S/C14H18ClN3/c1-9(16)7-8-13-17-10(2)14(18-13)11-5-3-4-6-12(11)15/h3-6,9H,7-8,16H2,1-2H3,(H,17,18). The molecule has 0 saturated carbocycles. The first kappa shape index (κ1) is 13.1. The van der Waals surface area contributed by atoms with Gasteiger partial charge in [-0.15, -0.1) is 0 Å². The fraction of sp³-hybridized carbons (Fsp3) is 0.357. The Labute approximate surface area is 112 Å². The maximum Gasteiger partial charge on any atom is 0.107 e. The molecule has 18 heavy (non-hydrogen) atoms. The van der Waals surface area contributed by atoms with Gasteiger partial charge in [0.05, 0.1) is 10.7 Å². The van der Waals surface area contributed by atoms with Crippen LogP contribution >= 0.6 is 11.6 Å². The van der Waals surface area contributed by atoms with Crippen molar-refractivity contribution in [1.82, 2.24) is 9.97 Å². The number of hydrogen-bond acceptors (Lipinski definition) is 2. The maximum absolute atomic E-state index is 6.19. The molecule has 1 aromatic carbocycles. The summed E-state index contributed by atoms with van der Waals surface area (Å²) in [6.45, 7) is 4.02. The number of aromatic amines is 1. The fourth-order valence-electron chi connectivity index (χ4n) is 1.92. The van der Waals surface area contributed by atoms with Gasteiger partial charge in [0, 0.05) is 23.7 Å². The highest BCUT2D eigenvalue weighted by atomic mass is 35.5. The first-order valence-corrected chi connectivity index (χ1v) is 6.51. The Morgan fingerprint density at radius 3 is 2.78 bits per heavy atom. The van der Waals surface area contributed by atoms with Gasteiger partial charge in [-0.3, -0.25) is 0 Å². The third kappa shape index (κ3) is 2.92. The summed E-state index contributed by atoms with van der Waals surface area (Å²) in [5.41, 5.74) is 8.70. The van der Waals surface area contributed by atoms with E-state index in [1.165, 1.54) is 0 Å². The van der Waals surface area contributed by atoms with E-state index >= 15 is 0 Å². The van der Waals surface area contributed by atoms with E-state index in [0.717, 1.165) is 40.6 Å². The van der Waals surface area contributed by atoms with Crippen LogP contribution in [0, 0.1) is 6.92 Å². The van der Waals surface area contributed by atoms with Crippen LogP contribution in [0.1, 0.15) is 24.9 Å². The molecule has 4 heteroatoms. The molecule has 0 amide bonds. The molecular formula is C14H18ClN3. The molecule has 0 aliphatic rings. The SMILES string of the molecule is Cc1[nH]c(CCC(C)N)nc1-c1ccccc1Cl. The van der Waals surface area contributed by atoms with E-state index in [1.807, 2.05) is 38.1 Å². The van der Waals surface area contributed by atoms with Crippen molar-refractivity contribution in [2.24, 2.45) is 5.73 Å². The van der Waals surface area contributed by atoms with Gasteiger partial charge in [0.25, 0.3) is 0 Å². The highest BCUT2D eigenvalue weighted by Gasteiger charge is 2.11. The van der Waals surface area contributed by atoms with Gasteiger partial charge in [-0.25, -0.2) is 4.98 Å². The van der Waals surface area contributed by atoms with Crippen molar-refractivity contribution in [3.05, 3.63) is 40.8 Å². The van der Waals surface area contributed by atoms with Gasteiger partial charge in [-0.1, -0.05) is 29.8 Å². The maximum atomic E-state index is 6.19. The summed E-state index contributed by atoms with van der Waals surface area (Å²) in [6, 6.07) is 7.95. The molecule has 0 spiro atoms. The van der Waals surface area contributed by atoms with Crippen LogP contribution < -0.4 is 5.73 Å². The average molecular weight is 264 g/mol. The van der Waals surface area contributed by atoms with Gasteiger partial charge >= 0.3 is 0 Å². The molecule has 0 aliphatic heterocycles. The lowest BCUT2D eigenvalue weighted by molar-refractivity contribution is 0.651. The number of H-pyrrole nitrogens is 1. The number of nitrogens with zero attached hydrogens (tertiary/aromatic N) is 1. The zero-order valence-corrected chi connectivity index (χ0v) is 11.5. The number of benzene rings is 1. The van der Waals surface area contributed by atoms with Crippen LogP contribution in [0.25, 0.3) is 11.3 Å². The number of imidazole rings is 1. The van der Waals surface area contributed by atoms with Gasteiger partial charge in [0.15, 0.2) is 0 Å². The van der Waals surface area contributed by atoms with Crippen molar-refractivity contribution in [2.75, 3.05) is 0 Å². The van der Waals surface area contributed by atoms with Crippen molar-refractivity contribution in [3.8, 4) is 11.3 Å². The molecule has 2 aromatic rings. The monoisotopic (exact) mass is 263 g/mol. The molecule has 3 N–H and O–H groups in total. The molecule has 2 rings (SSSR count). The molecule has 0 radical (unpaired) electrons. The van der Waals surface area contributed by atoms with Crippen molar-refractivity contribution < 1.29 is 0 Å². The Hall–Kier alpha value is -1.32. The van der Waals surface area contributed by atoms with Gasteiger partial charge in [-0.2, -0.15) is 0 Å². The molecule has 1 heterocycles. The molecule has 1 unspecified atom stereocenters. The molecule has 0 aliphatic carbocycles. The van der Waals surface area contributed by atoms with Gasteiger partial charge in [0.2, 0.25) is 0 Å². The molecule has 1 atom stereocenters. The summed E-state index contributed by atoms with van der Waals surface area (Å²) in [4.78, 5) is 7.92. The number of rotatable bonds is 4. The molecule has 0 fully saturated rings. The molecule has 3 nitrogen and oxygen atoms in total. The number of aryl methyl sites for hydroxylation is 2. The van der Waals surface area contributed by atoms with Crippen LogP contribution in [-0.4, -0.2) is 16.0 Å². The molecule has 1 aromatic heterocycles. The highest BCUT2D eigenvalue weighted by molar-refractivity contribution is 6.33. The second-order valence-electron chi connectivity index (χ2n) is 4.65. The summed E-state index contributed by atoms with van der Waals surface area (Å²) < 4.78 is 0. The first-order chi connectivity index (χ1) is 8.58. The topological polar surface area (TPSA) is 54.7 Å². The predicted molar refractivity (Wildman–Crippen MR) is 75.7 cm³/mol. The van der Waals surface area contributed by atoms with E-state index in [4.69, 9.17) is 17.3 Å². The molecule has 0 saturated heterocycles. The van der Waals surface area contributed by atoms with Crippen molar-refractivity contribution in [1.29, 1.82) is 0 Å². The fourth-order valence-corrected chi connectivity index (χ4v) is 2.15. The lowest BCUT2D eigenvalue weighted by atomic mass is 10.1. The van der Waals surface area contributed by atoms with E-state index in [0.29, 0.717) is 0 Å². The largest absolute Gasteiger partial charge is 0.346 e. The third-order valence-corrected chi connectivity index (χ3v) is 3.23. The molecular weight excluding hydrogens is 246 g/mol. The lowest BCUT2D eigenvalue weighted by Crippen LogP contribution is -2.15. The predicted octanol–water partition coefficient (Wildman–Crippen LogP) is 3.32. The minimum Gasteiger partial charge on any atom is -0.346 e. The van der Waals surface area contributed by atoms with Crippen LogP contribution in [0.2, 0.25) is 5.02 Å². The number of halogens is 1. The Balaban J connectivity index is 2.27. The normalized spacial score (nSPS) is 12.7. The van der Waals surface area contributed by atoms with Crippen molar-refractivity contribution in [3.63, 3.8) is 0 Å². The second-order valence-corrected chi connectivity index (χ2v) is 5.06. The van der Waals surface area contributed by atoms with Crippen molar-refractivity contribution in [2.45, 2.75) is 32.7 Å². The summed E-state index contributed by atoms with van der Waals surface area (Å²) in [6.07, 6.45) is 1.79. The summed E-state index contributed by atoms with van der Waals surface area (Å²) in [7, 11) is 0. The lowest BCUT2D eigenvalue weighted by Gasteiger charge is -2.01. The van der Waals surface area contributed by atoms with Crippen LogP contribution in [0.4, 0.5) is 0 Å². The minimum absolute atomic E-state index is 0.194. The smallest absolute Gasteiger partial charge is 0.107 e. The first-order valence-electron chi connectivity index (χ1n) is 6.14. The van der Waals surface area contributed by atoms with E-state index in [2.05, 4.69) is 9.97 Å². The van der Waals surface area contributed by atoms with Gasteiger partial charge in [-0.05, 0) is 26.3 Å². The Morgan fingerprint density at radius 1 is 1.39 bits per heavy atom. The molecule has 96 valence electrons. The highest BCUT2D eigenvalue weighted by Crippen LogP contribution is 2.28. The van der Waals surface area contributed by atoms with E-state index in [9.17, 15) is 0 Å². The summed E-state index contributed by atoms with van der Waals surface area (Å²) in [5.74, 6) is 0.972. The Bertz CT molecular complexity index is 532. The zero-order chi connectivity index (χ0) is 13.1. The number of nitrogens with two attached hydrogens (primary N) is 1. The zero-order valence-electron chi connectivity index (χ0n) is 10.7. The van der Waals surface area contributed by atoms with E-state index in [1.54, 1.807) is 0 Å². The summed E-state index contributed by atoms with van der Waals surface area (Å²) in [5, 5.41) is 0.728. The van der Waals surface area contributed by atoms with E-state index < -0.39 is 0 Å². The average Bonchev–Trinajstić information content (AvgIpc) is 2.69. The van der Waals surface area contributed by atoms with Crippen LogP contribution in [0.5, 0.6) is 0 Å². The van der Waals surface area contributed by atoms with Gasteiger partial charge in [0.1, 0.15) is 5.82 Å². The molecule has 0 bridgehead atoms. The number of nitrogens with one attached hydrogen (secondary N) is 1. The summed E-state index contributed by atoms with van der Waals surface area (Å²) >= 11 is 6.19. The number of aromatic nitrogens is 2. The number of hydrogen-bond donors (Lipinski definition) is 2.